The number of carbonyl (C=O) groups is 1. The predicted octanol–water partition coefficient (Wildman–Crippen LogP) is 2.64. The molecule has 4 nitrogen and oxygen atoms in total. The van der Waals surface area contributed by atoms with Crippen molar-refractivity contribution in [1.82, 2.24) is 4.98 Å². The van der Waals surface area contributed by atoms with Gasteiger partial charge in [0.25, 0.3) is 5.91 Å². The van der Waals surface area contributed by atoms with E-state index in [1.165, 1.54) is 12.4 Å². The molecule has 0 aliphatic heterocycles. The van der Waals surface area contributed by atoms with Gasteiger partial charge in [-0.2, -0.15) is 0 Å². The Balaban J connectivity index is 2.17. The summed E-state index contributed by atoms with van der Waals surface area (Å²) in [5.41, 5.74) is 6.12. The Labute approximate surface area is 107 Å². The molecule has 2 rings (SSSR count). The van der Waals surface area contributed by atoms with Crippen LogP contribution in [0.4, 0.5) is 5.13 Å². The summed E-state index contributed by atoms with van der Waals surface area (Å²) < 4.78 is 0. The fourth-order valence-corrected chi connectivity index (χ4v) is 1.92. The summed E-state index contributed by atoms with van der Waals surface area (Å²) in [6.07, 6.45) is 2.84. The van der Waals surface area contributed by atoms with Crippen molar-refractivity contribution in [2.45, 2.75) is 0 Å². The van der Waals surface area contributed by atoms with E-state index in [0.29, 0.717) is 20.6 Å². The highest BCUT2D eigenvalue weighted by atomic mass is 35.5. The molecule has 1 heterocycles. The molecule has 2 aromatic rings. The number of nitrogens with two attached hydrogens (primary N) is 1. The number of amides is 1. The molecule has 0 bridgehead atoms. The van der Waals surface area contributed by atoms with Crippen LogP contribution in [-0.2, 0) is 0 Å². The highest BCUT2D eigenvalue weighted by molar-refractivity contribution is 7.17. The number of rotatable bonds is 2. The average molecular weight is 266 g/mol. The standard InChI is InChI=1S/C11H8ClN3OS/c12-8-4-2-1-3-7(8)5-14-10(16)9-6-15-11(13)17-9/h1-6H,(H2,13,15). The third kappa shape index (κ3) is 2.89. The predicted molar refractivity (Wildman–Crippen MR) is 69.9 cm³/mol. The first-order valence-corrected chi connectivity index (χ1v) is 5.90. The van der Waals surface area contributed by atoms with Gasteiger partial charge in [-0.15, -0.1) is 0 Å². The van der Waals surface area contributed by atoms with E-state index in [2.05, 4.69) is 9.98 Å². The van der Waals surface area contributed by atoms with Crippen molar-refractivity contribution in [2.24, 2.45) is 4.99 Å². The van der Waals surface area contributed by atoms with Crippen LogP contribution in [-0.4, -0.2) is 17.1 Å². The fraction of sp³-hybridized carbons (Fsp3) is 0. The summed E-state index contributed by atoms with van der Waals surface area (Å²) in [5, 5.41) is 0.897. The third-order valence-corrected chi connectivity index (χ3v) is 3.12. The summed E-state index contributed by atoms with van der Waals surface area (Å²) in [6.45, 7) is 0. The van der Waals surface area contributed by atoms with E-state index >= 15 is 0 Å². The molecule has 1 aromatic heterocycles. The van der Waals surface area contributed by atoms with Crippen LogP contribution >= 0.6 is 22.9 Å². The number of hydrogen-bond donors (Lipinski definition) is 1. The van der Waals surface area contributed by atoms with Crippen LogP contribution in [0.2, 0.25) is 5.02 Å². The van der Waals surface area contributed by atoms with Crippen LogP contribution in [0.5, 0.6) is 0 Å². The Hall–Kier alpha value is -1.72. The van der Waals surface area contributed by atoms with Crippen molar-refractivity contribution in [1.29, 1.82) is 0 Å². The molecule has 0 saturated heterocycles. The molecule has 2 N–H and O–H groups in total. The summed E-state index contributed by atoms with van der Waals surface area (Å²) in [5.74, 6) is -0.376. The molecule has 1 amide bonds. The second-order valence-electron chi connectivity index (χ2n) is 3.15. The molecule has 0 saturated carbocycles. The molecule has 0 aliphatic carbocycles. The maximum Gasteiger partial charge on any atom is 0.288 e. The van der Waals surface area contributed by atoms with E-state index in [0.717, 1.165) is 11.3 Å². The van der Waals surface area contributed by atoms with Gasteiger partial charge >= 0.3 is 0 Å². The molecular formula is C11H8ClN3OS. The Morgan fingerprint density at radius 3 is 2.88 bits per heavy atom. The summed E-state index contributed by atoms with van der Waals surface area (Å²) in [6, 6.07) is 7.14. The molecule has 0 aliphatic rings. The van der Waals surface area contributed by atoms with Crippen LogP contribution in [0.1, 0.15) is 15.2 Å². The van der Waals surface area contributed by atoms with E-state index in [1.54, 1.807) is 12.1 Å². The number of nitrogen functional groups attached to an aromatic ring is 1. The number of hydrogen-bond acceptors (Lipinski definition) is 4. The minimum absolute atomic E-state index is 0.348. The minimum atomic E-state index is -0.376. The van der Waals surface area contributed by atoms with Crippen LogP contribution < -0.4 is 5.73 Å². The maximum absolute atomic E-state index is 11.6. The molecular weight excluding hydrogens is 258 g/mol. The SMILES string of the molecule is Nc1ncc(C(=O)N=Cc2ccccc2Cl)s1. The van der Waals surface area contributed by atoms with E-state index in [1.807, 2.05) is 12.1 Å². The zero-order valence-electron chi connectivity index (χ0n) is 8.63. The quantitative estimate of drug-likeness (QED) is 0.849. The van der Waals surface area contributed by atoms with E-state index in [4.69, 9.17) is 17.3 Å². The lowest BCUT2D eigenvalue weighted by Gasteiger charge is -1.94. The van der Waals surface area contributed by atoms with Gasteiger partial charge < -0.3 is 5.73 Å². The topological polar surface area (TPSA) is 68.3 Å². The fourth-order valence-electron chi connectivity index (χ4n) is 1.16. The van der Waals surface area contributed by atoms with Gasteiger partial charge in [-0.3, -0.25) is 4.79 Å². The first kappa shape index (κ1) is 11.8. The van der Waals surface area contributed by atoms with E-state index in [-0.39, 0.29) is 5.91 Å². The van der Waals surface area contributed by atoms with Crippen LogP contribution in [0, 0.1) is 0 Å². The molecule has 86 valence electrons. The summed E-state index contributed by atoms with van der Waals surface area (Å²) in [7, 11) is 0. The molecule has 0 radical (unpaired) electrons. The average Bonchev–Trinajstić information content (AvgIpc) is 2.74. The normalized spacial score (nSPS) is 10.9. The third-order valence-electron chi connectivity index (χ3n) is 1.96. The second kappa shape index (κ2) is 5.07. The van der Waals surface area contributed by atoms with Gasteiger partial charge in [0.15, 0.2) is 5.13 Å². The number of halogens is 1. The largest absolute Gasteiger partial charge is 0.375 e. The van der Waals surface area contributed by atoms with Crippen molar-refractivity contribution in [3.63, 3.8) is 0 Å². The first-order chi connectivity index (χ1) is 8.16. The van der Waals surface area contributed by atoms with Gasteiger partial charge in [0.1, 0.15) is 4.88 Å². The summed E-state index contributed by atoms with van der Waals surface area (Å²) in [4.78, 5) is 19.6. The molecule has 1 aromatic carbocycles. The molecule has 0 unspecified atom stereocenters. The summed E-state index contributed by atoms with van der Waals surface area (Å²) >= 11 is 7.03. The van der Waals surface area contributed by atoms with Gasteiger partial charge in [-0.05, 0) is 6.07 Å². The lowest BCUT2D eigenvalue weighted by Crippen LogP contribution is -1.92. The van der Waals surface area contributed by atoms with Crippen molar-refractivity contribution in [2.75, 3.05) is 5.73 Å². The zero-order chi connectivity index (χ0) is 12.3. The lowest BCUT2D eigenvalue weighted by atomic mass is 10.2. The lowest BCUT2D eigenvalue weighted by molar-refractivity contribution is 0.101. The van der Waals surface area contributed by atoms with Gasteiger partial charge in [0, 0.05) is 16.8 Å². The van der Waals surface area contributed by atoms with Gasteiger partial charge in [0.05, 0.1) is 6.20 Å². The van der Waals surface area contributed by atoms with Gasteiger partial charge in [-0.25, -0.2) is 9.98 Å². The Bertz CT molecular complexity index is 580. The van der Waals surface area contributed by atoms with Gasteiger partial charge in [0.2, 0.25) is 0 Å². The Morgan fingerprint density at radius 1 is 1.47 bits per heavy atom. The smallest absolute Gasteiger partial charge is 0.288 e. The maximum atomic E-state index is 11.6. The van der Waals surface area contributed by atoms with Crippen LogP contribution in [0.3, 0.4) is 0 Å². The zero-order valence-corrected chi connectivity index (χ0v) is 10.2. The Morgan fingerprint density at radius 2 is 2.24 bits per heavy atom. The first-order valence-electron chi connectivity index (χ1n) is 4.71. The highest BCUT2D eigenvalue weighted by Crippen LogP contribution is 2.16. The van der Waals surface area contributed by atoms with Crippen LogP contribution in [0.25, 0.3) is 0 Å². The van der Waals surface area contributed by atoms with Crippen molar-refractivity contribution in [3.8, 4) is 0 Å². The second-order valence-corrected chi connectivity index (χ2v) is 4.62. The molecule has 0 spiro atoms. The van der Waals surface area contributed by atoms with E-state index < -0.39 is 0 Å². The molecule has 0 atom stereocenters. The number of carbonyl (C=O) groups excluding carboxylic acids is 1. The van der Waals surface area contributed by atoms with Gasteiger partial charge in [-0.1, -0.05) is 41.1 Å². The van der Waals surface area contributed by atoms with E-state index in [9.17, 15) is 4.79 Å². The van der Waals surface area contributed by atoms with Crippen LogP contribution in [0.15, 0.2) is 35.5 Å². The van der Waals surface area contributed by atoms with Crippen molar-refractivity contribution < 1.29 is 4.79 Å². The number of nitrogens with zero attached hydrogens (tertiary/aromatic N) is 2. The number of thiazole rings is 1. The number of aliphatic imine (C=N–C) groups is 1. The number of anilines is 1. The number of aromatic nitrogens is 1. The molecule has 17 heavy (non-hydrogen) atoms. The molecule has 0 fully saturated rings. The Kier molecular flexibility index (Phi) is 3.51. The monoisotopic (exact) mass is 265 g/mol. The highest BCUT2D eigenvalue weighted by Gasteiger charge is 2.07. The van der Waals surface area contributed by atoms with Crippen molar-refractivity contribution >= 4 is 40.2 Å². The molecule has 6 heteroatoms. The number of benzene rings is 1. The minimum Gasteiger partial charge on any atom is -0.375 e. The van der Waals surface area contributed by atoms with Crippen molar-refractivity contribution in [3.05, 3.63) is 45.9 Å².